The van der Waals surface area contributed by atoms with Crippen LogP contribution in [0.3, 0.4) is 0 Å². The summed E-state index contributed by atoms with van der Waals surface area (Å²) >= 11 is 0. The molecule has 8 aromatic carbocycles. The van der Waals surface area contributed by atoms with Gasteiger partial charge in [-0.25, -0.2) is 0 Å². The Hall–Kier alpha value is -7.68. The summed E-state index contributed by atoms with van der Waals surface area (Å²) in [4.78, 5) is 0. The van der Waals surface area contributed by atoms with Crippen LogP contribution >= 0.6 is 0 Å². The summed E-state index contributed by atoms with van der Waals surface area (Å²) in [6.45, 7) is 8.11. The van der Waals surface area contributed by atoms with Crippen molar-refractivity contribution in [1.82, 2.24) is 4.57 Å². The monoisotopic (exact) mass is 834 g/mol. The summed E-state index contributed by atoms with van der Waals surface area (Å²) in [5.74, 6) is 0. The minimum atomic E-state index is -0.510. The number of para-hydroxylation sites is 1. The molecule has 2 heteroatoms. The number of anilines is 2. The number of hydrogen-bond acceptors (Lipinski definition) is 1. The number of nitrogens with one attached hydrogen (secondary N) is 1. The minimum Gasteiger partial charge on any atom is -0.355 e. The molecule has 0 fully saturated rings. The van der Waals surface area contributed by atoms with Crippen molar-refractivity contribution in [3.8, 4) is 5.69 Å². The number of unbranched alkanes of at least 4 members (excludes halogenated alkanes) is 1. The van der Waals surface area contributed by atoms with E-state index in [4.69, 9.17) is 0 Å². The highest BCUT2D eigenvalue weighted by Crippen LogP contribution is 2.65. The topological polar surface area (TPSA) is 17.0 Å². The first-order chi connectivity index (χ1) is 32.2. The fraction of sp³-hybridized carbons (Fsp3) is 0.111. The second-order valence-electron chi connectivity index (χ2n) is 17.9. The Morgan fingerprint density at radius 1 is 0.585 bits per heavy atom. The molecule has 0 saturated heterocycles. The number of hydrogen-bond donors (Lipinski definition) is 1. The fourth-order valence-corrected chi connectivity index (χ4v) is 12.1. The molecule has 3 aliphatic rings. The summed E-state index contributed by atoms with van der Waals surface area (Å²) < 4.78 is 2.51. The van der Waals surface area contributed by atoms with Crippen LogP contribution in [0, 0.1) is 0 Å². The van der Waals surface area contributed by atoms with Gasteiger partial charge in [-0.3, -0.25) is 0 Å². The molecule has 1 aromatic heterocycles. The highest BCUT2D eigenvalue weighted by molar-refractivity contribution is 6.10. The van der Waals surface area contributed by atoms with Gasteiger partial charge in [-0.15, -0.1) is 6.58 Å². The molecule has 1 heterocycles. The molecule has 0 amide bonds. The van der Waals surface area contributed by atoms with E-state index >= 15 is 0 Å². The van der Waals surface area contributed by atoms with E-state index in [2.05, 4.69) is 229 Å². The third-order valence-corrected chi connectivity index (χ3v) is 14.6. The maximum absolute atomic E-state index is 4.12. The van der Waals surface area contributed by atoms with Crippen molar-refractivity contribution < 1.29 is 0 Å². The number of benzene rings is 8. The first-order valence-corrected chi connectivity index (χ1v) is 23.2. The minimum absolute atomic E-state index is 0.456. The number of nitrogens with zero attached hydrogens (tertiary/aromatic N) is 1. The van der Waals surface area contributed by atoms with Gasteiger partial charge in [-0.1, -0.05) is 188 Å². The van der Waals surface area contributed by atoms with Crippen LogP contribution in [0.15, 0.2) is 231 Å². The molecule has 3 aliphatic carbocycles. The zero-order valence-corrected chi connectivity index (χ0v) is 36.6. The predicted molar refractivity (Wildman–Crippen MR) is 275 cm³/mol. The highest BCUT2D eigenvalue weighted by Gasteiger charge is 2.58. The van der Waals surface area contributed by atoms with Gasteiger partial charge >= 0.3 is 0 Å². The van der Waals surface area contributed by atoms with E-state index in [1.54, 1.807) is 0 Å². The zero-order valence-electron chi connectivity index (χ0n) is 36.6. The Bertz CT molecular complexity index is 3490. The first-order valence-electron chi connectivity index (χ1n) is 23.2. The maximum atomic E-state index is 4.12. The van der Waals surface area contributed by atoms with E-state index in [1.165, 1.54) is 88.2 Å². The molecule has 1 N–H and O–H groups in total. The standard InChI is InChI=1S/C63H50N2/c1-3-5-7-9-26-47-40-45-23-12-16-30-54(45)63(47)56-32-18-17-31-55(56)62(46(25-8-6-4-2)39-44-22-11-15-29-53(44)62)57-37-36-49(42-58(57)63)65-60-34-19-14-28-51(60)52-41-48(35-38-61(52)65)64-59-33-20-24-43-21-10-13-27-50(43)59/h3-5,7,10-24,26-39,41-42,64H,1-2,6,8-9,25,40H2/b7-5-,47-26+. The number of aromatic nitrogens is 1. The van der Waals surface area contributed by atoms with Crippen molar-refractivity contribution in [2.45, 2.75) is 42.9 Å². The van der Waals surface area contributed by atoms with Crippen molar-refractivity contribution in [2.24, 2.45) is 0 Å². The second kappa shape index (κ2) is 15.5. The summed E-state index contributed by atoms with van der Waals surface area (Å²) in [6, 6.07) is 66.2. The lowest BCUT2D eigenvalue weighted by molar-refractivity contribution is 0.593. The molecule has 9 aromatic rings. The van der Waals surface area contributed by atoms with Crippen LogP contribution in [0.1, 0.15) is 70.2 Å². The van der Waals surface area contributed by atoms with Gasteiger partial charge in [0, 0.05) is 33.2 Å². The Balaban J connectivity index is 1.14. The fourth-order valence-electron chi connectivity index (χ4n) is 12.1. The van der Waals surface area contributed by atoms with Gasteiger partial charge in [0.1, 0.15) is 0 Å². The van der Waals surface area contributed by atoms with Crippen LogP contribution in [0.25, 0.3) is 44.3 Å². The third kappa shape index (κ3) is 5.73. The summed E-state index contributed by atoms with van der Waals surface area (Å²) in [5.41, 5.74) is 18.6. The predicted octanol–water partition coefficient (Wildman–Crippen LogP) is 16.0. The molecule has 0 saturated carbocycles. The molecule has 65 heavy (non-hydrogen) atoms. The molecule has 2 nitrogen and oxygen atoms in total. The van der Waals surface area contributed by atoms with Gasteiger partial charge in [0.25, 0.3) is 0 Å². The second-order valence-corrected chi connectivity index (χ2v) is 17.9. The van der Waals surface area contributed by atoms with E-state index in [-0.39, 0.29) is 0 Å². The van der Waals surface area contributed by atoms with E-state index in [9.17, 15) is 0 Å². The summed E-state index contributed by atoms with van der Waals surface area (Å²) in [5, 5.41) is 8.68. The van der Waals surface area contributed by atoms with Gasteiger partial charge in [-0.05, 0) is 124 Å². The normalized spacial score (nSPS) is 18.6. The number of rotatable bonds is 10. The molecule has 2 atom stereocenters. The lowest BCUT2D eigenvalue weighted by Gasteiger charge is -2.50. The van der Waals surface area contributed by atoms with Gasteiger partial charge in [0.2, 0.25) is 0 Å². The van der Waals surface area contributed by atoms with E-state index < -0.39 is 10.8 Å². The Morgan fingerprint density at radius 3 is 2.15 bits per heavy atom. The highest BCUT2D eigenvalue weighted by atomic mass is 15.0. The largest absolute Gasteiger partial charge is 0.355 e. The lowest BCUT2D eigenvalue weighted by atomic mass is 9.51. The molecule has 2 spiro atoms. The third-order valence-electron chi connectivity index (χ3n) is 14.6. The van der Waals surface area contributed by atoms with Crippen LogP contribution in [0.4, 0.5) is 11.4 Å². The number of allylic oxidation sites excluding steroid dienone is 7. The first kappa shape index (κ1) is 39.0. The van der Waals surface area contributed by atoms with E-state index in [1.807, 2.05) is 6.08 Å². The van der Waals surface area contributed by atoms with E-state index in [0.29, 0.717) is 0 Å². The van der Waals surface area contributed by atoms with Crippen molar-refractivity contribution in [3.05, 3.63) is 275 Å². The van der Waals surface area contributed by atoms with Gasteiger partial charge in [0.15, 0.2) is 0 Å². The summed E-state index contributed by atoms with van der Waals surface area (Å²) in [6.07, 6.45) is 18.0. The molecule has 0 aliphatic heterocycles. The Morgan fingerprint density at radius 2 is 1.29 bits per heavy atom. The van der Waals surface area contributed by atoms with Crippen molar-refractivity contribution in [3.63, 3.8) is 0 Å². The molecular formula is C63H50N2. The van der Waals surface area contributed by atoms with Gasteiger partial charge < -0.3 is 9.88 Å². The summed E-state index contributed by atoms with van der Waals surface area (Å²) in [7, 11) is 0. The molecular weight excluding hydrogens is 785 g/mol. The smallest absolute Gasteiger partial charge is 0.0676 e. The zero-order chi connectivity index (χ0) is 43.5. The van der Waals surface area contributed by atoms with Crippen LogP contribution in [0.5, 0.6) is 0 Å². The Kier molecular flexibility index (Phi) is 9.31. The molecule has 12 rings (SSSR count). The van der Waals surface area contributed by atoms with Gasteiger partial charge in [0.05, 0.1) is 21.9 Å². The molecule has 2 unspecified atom stereocenters. The molecule has 312 valence electrons. The molecule has 0 bridgehead atoms. The maximum Gasteiger partial charge on any atom is 0.0676 e. The average molecular weight is 835 g/mol. The van der Waals surface area contributed by atoms with E-state index in [0.717, 1.165) is 49.2 Å². The van der Waals surface area contributed by atoms with Crippen LogP contribution in [-0.2, 0) is 17.3 Å². The lowest BCUT2D eigenvalue weighted by Crippen LogP contribution is -2.44. The molecule has 0 radical (unpaired) electrons. The van der Waals surface area contributed by atoms with Crippen LogP contribution in [0.2, 0.25) is 0 Å². The van der Waals surface area contributed by atoms with Crippen molar-refractivity contribution in [1.29, 1.82) is 0 Å². The van der Waals surface area contributed by atoms with Crippen molar-refractivity contribution >= 4 is 50.0 Å². The SMILES string of the molecule is C=C/C=C\C/C=C1\Cc2ccccc2C12c1ccccc1C1(C(CCCC=C)=Cc3ccccc31)c1ccc(-n3c4ccccc4c4cc(Nc5cccc6ccccc56)ccc43)cc12. The number of fused-ring (bicyclic) bond motifs is 14. The van der Waals surface area contributed by atoms with Crippen LogP contribution in [-0.4, -0.2) is 4.57 Å². The quantitative estimate of drug-likeness (QED) is 0.0825. The average Bonchev–Trinajstić information content (AvgIpc) is 3.98. The van der Waals surface area contributed by atoms with Crippen molar-refractivity contribution in [2.75, 3.05) is 5.32 Å². The van der Waals surface area contributed by atoms with Crippen LogP contribution < -0.4 is 5.32 Å². The Labute approximate surface area is 381 Å². The van der Waals surface area contributed by atoms with Gasteiger partial charge in [-0.2, -0.15) is 0 Å².